The summed E-state index contributed by atoms with van der Waals surface area (Å²) in [6, 6.07) is 20.7. The molecule has 0 saturated carbocycles. The molecule has 0 N–H and O–H groups in total. The van der Waals surface area contributed by atoms with E-state index in [2.05, 4.69) is 26.1 Å². The molecular formula is C25H17BrN4O4S. The van der Waals surface area contributed by atoms with E-state index < -0.39 is 0 Å². The van der Waals surface area contributed by atoms with Crippen LogP contribution in [0.15, 0.2) is 85.7 Å². The summed E-state index contributed by atoms with van der Waals surface area (Å²) in [4.78, 5) is 22.7. The van der Waals surface area contributed by atoms with Crippen molar-refractivity contribution in [1.29, 1.82) is 0 Å². The Bertz CT molecular complexity index is 1620. The fourth-order valence-corrected chi connectivity index (χ4v) is 5.04. The number of hydrogen-bond donors (Lipinski definition) is 0. The van der Waals surface area contributed by atoms with Gasteiger partial charge in [-0.2, -0.15) is 4.98 Å². The molecule has 8 nitrogen and oxygen atoms in total. The van der Waals surface area contributed by atoms with Crippen molar-refractivity contribution in [2.24, 2.45) is 0 Å². The third-order valence-electron chi connectivity index (χ3n) is 5.48. The van der Waals surface area contributed by atoms with Crippen LogP contribution in [0.3, 0.4) is 0 Å². The van der Waals surface area contributed by atoms with E-state index in [1.807, 2.05) is 60.7 Å². The van der Waals surface area contributed by atoms with Gasteiger partial charge in [0, 0.05) is 10.0 Å². The molecule has 10 heteroatoms. The van der Waals surface area contributed by atoms with Gasteiger partial charge in [-0.05, 0) is 42.0 Å². The molecule has 174 valence electrons. The minimum atomic E-state index is -0.115. The molecule has 1 aliphatic heterocycles. The Morgan fingerprint density at radius 3 is 2.77 bits per heavy atom. The SMILES string of the molecule is O=c1c2ccccc2nc(SCc2nc(-c3cccc(Br)c3)no2)n1Cc1ccc2c(c1)OCO2. The van der Waals surface area contributed by atoms with Gasteiger partial charge in [0.05, 0.1) is 23.2 Å². The third-order valence-corrected chi connectivity index (χ3v) is 6.93. The molecule has 2 aromatic heterocycles. The number of hydrogen-bond acceptors (Lipinski definition) is 8. The van der Waals surface area contributed by atoms with Crippen LogP contribution >= 0.6 is 27.7 Å². The number of nitrogens with zero attached hydrogens (tertiary/aromatic N) is 4. The van der Waals surface area contributed by atoms with Crippen molar-refractivity contribution in [2.75, 3.05) is 6.79 Å². The van der Waals surface area contributed by atoms with Gasteiger partial charge in [0.25, 0.3) is 5.56 Å². The van der Waals surface area contributed by atoms with E-state index in [9.17, 15) is 4.79 Å². The Labute approximate surface area is 212 Å². The molecule has 0 spiro atoms. The maximum absolute atomic E-state index is 13.4. The first-order valence-corrected chi connectivity index (χ1v) is 12.5. The van der Waals surface area contributed by atoms with Gasteiger partial charge in [0.2, 0.25) is 18.5 Å². The molecule has 1 aliphatic rings. The summed E-state index contributed by atoms with van der Waals surface area (Å²) in [5.74, 6) is 2.69. The quantitative estimate of drug-likeness (QED) is 0.209. The maximum Gasteiger partial charge on any atom is 0.262 e. The number of aromatic nitrogens is 4. The van der Waals surface area contributed by atoms with Crippen LogP contribution < -0.4 is 15.0 Å². The summed E-state index contributed by atoms with van der Waals surface area (Å²) in [5.41, 5.74) is 2.28. The summed E-state index contributed by atoms with van der Waals surface area (Å²) in [6.07, 6.45) is 0. The van der Waals surface area contributed by atoms with E-state index in [1.165, 1.54) is 11.8 Å². The van der Waals surface area contributed by atoms with Gasteiger partial charge >= 0.3 is 0 Å². The van der Waals surface area contributed by atoms with Crippen molar-refractivity contribution in [3.63, 3.8) is 0 Å². The third kappa shape index (κ3) is 4.42. The fourth-order valence-electron chi connectivity index (χ4n) is 3.80. The van der Waals surface area contributed by atoms with Crippen molar-refractivity contribution in [3.05, 3.63) is 93.0 Å². The summed E-state index contributed by atoms with van der Waals surface area (Å²) < 4.78 is 19.0. The van der Waals surface area contributed by atoms with Crippen molar-refractivity contribution >= 4 is 38.6 Å². The lowest BCUT2D eigenvalue weighted by Crippen LogP contribution is -2.24. The first-order valence-electron chi connectivity index (χ1n) is 10.7. The summed E-state index contributed by atoms with van der Waals surface area (Å²) in [6.45, 7) is 0.534. The topological polar surface area (TPSA) is 92.3 Å². The molecule has 0 unspecified atom stereocenters. The predicted molar refractivity (Wildman–Crippen MR) is 135 cm³/mol. The van der Waals surface area contributed by atoms with Crippen molar-refractivity contribution < 1.29 is 14.0 Å². The van der Waals surface area contributed by atoms with Crippen LogP contribution in [0.25, 0.3) is 22.3 Å². The van der Waals surface area contributed by atoms with Gasteiger partial charge in [-0.3, -0.25) is 9.36 Å². The van der Waals surface area contributed by atoms with Crippen molar-refractivity contribution in [2.45, 2.75) is 17.5 Å². The molecule has 5 aromatic rings. The Balaban J connectivity index is 1.32. The maximum atomic E-state index is 13.4. The lowest BCUT2D eigenvalue weighted by molar-refractivity contribution is 0.174. The second-order valence-corrected chi connectivity index (χ2v) is 9.66. The molecule has 0 saturated heterocycles. The van der Waals surface area contributed by atoms with Gasteiger partial charge in [-0.15, -0.1) is 0 Å². The van der Waals surface area contributed by atoms with Gasteiger partial charge < -0.3 is 14.0 Å². The van der Waals surface area contributed by atoms with Crippen LogP contribution in [0.5, 0.6) is 11.5 Å². The second kappa shape index (κ2) is 9.20. The molecule has 6 rings (SSSR count). The van der Waals surface area contributed by atoms with Crippen LogP contribution in [-0.4, -0.2) is 26.5 Å². The second-order valence-electron chi connectivity index (χ2n) is 7.80. The Morgan fingerprint density at radius 1 is 0.971 bits per heavy atom. The van der Waals surface area contributed by atoms with Crippen LogP contribution in [0.4, 0.5) is 0 Å². The zero-order valence-electron chi connectivity index (χ0n) is 18.2. The minimum absolute atomic E-state index is 0.115. The van der Waals surface area contributed by atoms with Gasteiger partial charge in [-0.1, -0.05) is 63.2 Å². The Kier molecular flexibility index (Phi) is 5.75. The van der Waals surface area contributed by atoms with E-state index in [0.717, 1.165) is 15.6 Å². The van der Waals surface area contributed by atoms with Crippen LogP contribution in [0.1, 0.15) is 11.5 Å². The first kappa shape index (κ1) is 21.9. The van der Waals surface area contributed by atoms with E-state index in [-0.39, 0.29) is 12.4 Å². The highest BCUT2D eigenvalue weighted by Gasteiger charge is 2.17. The molecule has 3 heterocycles. The molecule has 3 aromatic carbocycles. The highest BCUT2D eigenvalue weighted by molar-refractivity contribution is 9.10. The van der Waals surface area contributed by atoms with E-state index in [4.69, 9.17) is 19.0 Å². The number of benzene rings is 3. The van der Waals surface area contributed by atoms with E-state index in [0.29, 0.717) is 51.6 Å². The van der Waals surface area contributed by atoms with Crippen LogP contribution in [-0.2, 0) is 12.3 Å². The first-order chi connectivity index (χ1) is 17.1. The molecule has 35 heavy (non-hydrogen) atoms. The average molecular weight is 549 g/mol. The highest BCUT2D eigenvalue weighted by Crippen LogP contribution is 2.33. The normalized spacial score (nSPS) is 12.4. The largest absolute Gasteiger partial charge is 0.454 e. The lowest BCUT2D eigenvalue weighted by atomic mass is 10.2. The summed E-state index contributed by atoms with van der Waals surface area (Å²) in [5, 5.41) is 5.22. The number of halogens is 1. The molecular weight excluding hydrogens is 532 g/mol. The minimum Gasteiger partial charge on any atom is -0.454 e. The van der Waals surface area contributed by atoms with Gasteiger partial charge in [0.1, 0.15) is 0 Å². The number of ether oxygens (including phenoxy) is 2. The van der Waals surface area contributed by atoms with Gasteiger partial charge in [0.15, 0.2) is 16.7 Å². The van der Waals surface area contributed by atoms with Crippen molar-refractivity contribution in [1.82, 2.24) is 19.7 Å². The van der Waals surface area contributed by atoms with Crippen LogP contribution in [0, 0.1) is 0 Å². The molecule has 0 aliphatic carbocycles. The number of fused-ring (bicyclic) bond motifs is 2. The predicted octanol–water partition coefficient (Wildman–Crippen LogP) is 5.28. The Hall–Kier alpha value is -3.63. The molecule has 0 atom stereocenters. The number of rotatable bonds is 6. The summed E-state index contributed by atoms with van der Waals surface area (Å²) in [7, 11) is 0. The standard InChI is InChI=1S/C25H17BrN4O4S/c26-17-5-3-4-16(11-17)23-28-22(34-29-23)13-35-25-27-19-7-2-1-6-18(19)24(31)30(25)12-15-8-9-20-21(10-15)33-14-32-20/h1-11H,12-14H2. The number of para-hydroxylation sites is 1. The van der Waals surface area contributed by atoms with E-state index in [1.54, 1.807) is 10.6 Å². The Morgan fingerprint density at radius 2 is 1.86 bits per heavy atom. The average Bonchev–Trinajstić information content (AvgIpc) is 3.54. The molecule has 0 fully saturated rings. The fraction of sp³-hybridized carbons (Fsp3) is 0.120. The monoisotopic (exact) mass is 548 g/mol. The zero-order chi connectivity index (χ0) is 23.8. The van der Waals surface area contributed by atoms with Crippen molar-refractivity contribution in [3.8, 4) is 22.9 Å². The highest BCUT2D eigenvalue weighted by atomic mass is 79.9. The zero-order valence-corrected chi connectivity index (χ0v) is 20.6. The lowest BCUT2D eigenvalue weighted by Gasteiger charge is -2.13. The molecule has 0 amide bonds. The van der Waals surface area contributed by atoms with E-state index >= 15 is 0 Å². The smallest absolute Gasteiger partial charge is 0.262 e. The number of thioether (sulfide) groups is 1. The van der Waals surface area contributed by atoms with Crippen LogP contribution in [0.2, 0.25) is 0 Å². The molecule has 0 radical (unpaired) electrons. The summed E-state index contributed by atoms with van der Waals surface area (Å²) >= 11 is 4.84. The molecule has 0 bridgehead atoms. The van der Waals surface area contributed by atoms with Gasteiger partial charge in [-0.25, -0.2) is 4.98 Å².